The summed E-state index contributed by atoms with van der Waals surface area (Å²) in [5.41, 5.74) is 0. The van der Waals surface area contributed by atoms with Gasteiger partial charge in [-0.25, -0.2) is 0 Å². The number of carboxylic acids is 1. The van der Waals surface area contributed by atoms with Crippen LogP contribution in [0.2, 0.25) is 0 Å². The number of carbonyl (C=O) groups is 1. The molecule has 0 amide bonds. The Bertz CT molecular complexity index is 235. The first kappa shape index (κ1) is 11.8. The lowest BCUT2D eigenvalue weighted by molar-refractivity contribution is -0.145. The zero-order valence-corrected chi connectivity index (χ0v) is 9.52. The second kappa shape index (κ2) is 5.61. The molecule has 2 rings (SSSR count). The summed E-state index contributed by atoms with van der Waals surface area (Å²) in [7, 11) is 0. The summed E-state index contributed by atoms with van der Waals surface area (Å²) >= 11 is 0. The van der Waals surface area contributed by atoms with Gasteiger partial charge in [-0.15, -0.1) is 0 Å². The molecule has 0 aromatic heterocycles. The van der Waals surface area contributed by atoms with E-state index >= 15 is 0 Å². The predicted octanol–water partition coefficient (Wildman–Crippen LogP) is -0.229. The minimum Gasteiger partial charge on any atom is -0.481 e. The van der Waals surface area contributed by atoms with Crippen molar-refractivity contribution in [3.8, 4) is 0 Å². The molecule has 0 aromatic rings. The number of nitrogens with one attached hydrogen (secondary N) is 1. The minimum atomic E-state index is -0.647. The summed E-state index contributed by atoms with van der Waals surface area (Å²) in [6.07, 6.45) is 1.58. The lowest BCUT2D eigenvalue weighted by Crippen LogP contribution is -2.47. The smallest absolute Gasteiger partial charge is 0.306 e. The van der Waals surface area contributed by atoms with Crippen molar-refractivity contribution in [1.29, 1.82) is 0 Å². The van der Waals surface area contributed by atoms with Crippen molar-refractivity contribution in [2.24, 2.45) is 5.92 Å². The maximum Gasteiger partial charge on any atom is 0.306 e. The van der Waals surface area contributed by atoms with Crippen LogP contribution in [0.1, 0.15) is 12.8 Å². The van der Waals surface area contributed by atoms with E-state index in [4.69, 9.17) is 9.84 Å². The average Bonchev–Trinajstić information content (AvgIpc) is 2.22. The third-order valence-electron chi connectivity index (χ3n) is 3.45. The van der Waals surface area contributed by atoms with Gasteiger partial charge >= 0.3 is 5.97 Å². The molecule has 1 saturated heterocycles. The van der Waals surface area contributed by atoms with Crippen LogP contribution in [0.4, 0.5) is 0 Å². The average molecular weight is 228 g/mol. The summed E-state index contributed by atoms with van der Waals surface area (Å²) in [6.45, 7) is 5.71. The third kappa shape index (κ3) is 3.17. The van der Waals surface area contributed by atoms with Gasteiger partial charge in [0.1, 0.15) is 0 Å². The maximum absolute atomic E-state index is 10.6. The molecule has 0 spiro atoms. The predicted molar refractivity (Wildman–Crippen MR) is 59.4 cm³/mol. The van der Waals surface area contributed by atoms with Crippen LogP contribution in [-0.2, 0) is 9.53 Å². The monoisotopic (exact) mass is 228 g/mol. The highest BCUT2D eigenvalue weighted by molar-refractivity contribution is 5.71. The molecule has 2 N–H and O–H groups in total. The summed E-state index contributed by atoms with van der Waals surface area (Å²) in [6, 6.07) is 0.419. The van der Waals surface area contributed by atoms with Crippen molar-refractivity contribution in [3.63, 3.8) is 0 Å². The van der Waals surface area contributed by atoms with Crippen LogP contribution in [0, 0.1) is 5.92 Å². The fraction of sp³-hybridized carbons (Fsp3) is 0.909. The van der Waals surface area contributed by atoms with E-state index in [1.54, 1.807) is 0 Å². The number of aliphatic carboxylic acids is 1. The van der Waals surface area contributed by atoms with Crippen molar-refractivity contribution in [2.45, 2.75) is 18.9 Å². The molecule has 1 saturated carbocycles. The van der Waals surface area contributed by atoms with Gasteiger partial charge in [0.15, 0.2) is 0 Å². The Morgan fingerprint density at radius 2 is 2.06 bits per heavy atom. The van der Waals surface area contributed by atoms with Crippen molar-refractivity contribution in [2.75, 3.05) is 39.4 Å². The molecular formula is C11H20N2O3. The summed E-state index contributed by atoms with van der Waals surface area (Å²) in [4.78, 5) is 13.0. The molecule has 2 aliphatic rings. The van der Waals surface area contributed by atoms with Crippen LogP contribution >= 0.6 is 0 Å². The Morgan fingerprint density at radius 1 is 1.38 bits per heavy atom. The Labute approximate surface area is 95.8 Å². The van der Waals surface area contributed by atoms with Crippen molar-refractivity contribution >= 4 is 5.97 Å². The Balaban J connectivity index is 1.51. The first-order valence-electron chi connectivity index (χ1n) is 6.02. The van der Waals surface area contributed by atoms with Gasteiger partial charge in [-0.1, -0.05) is 0 Å². The zero-order chi connectivity index (χ0) is 11.4. The van der Waals surface area contributed by atoms with Crippen LogP contribution in [0.25, 0.3) is 0 Å². The zero-order valence-electron chi connectivity index (χ0n) is 9.52. The van der Waals surface area contributed by atoms with E-state index in [9.17, 15) is 4.79 Å². The van der Waals surface area contributed by atoms with Crippen molar-refractivity contribution < 1.29 is 14.6 Å². The van der Waals surface area contributed by atoms with Crippen LogP contribution < -0.4 is 5.32 Å². The van der Waals surface area contributed by atoms with E-state index in [-0.39, 0.29) is 5.92 Å². The number of rotatable bonds is 5. The number of hydrogen-bond acceptors (Lipinski definition) is 4. The van der Waals surface area contributed by atoms with E-state index in [0.29, 0.717) is 6.04 Å². The highest BCUT2D eigenvalue weighted by atomic mass is 16.5. The fourth-order valence-corrected chi connectivity index (χ4v) is 2.24. The van der Waals surface area contributed by atoms with E-state index in [1.165, 1.54) is 0 Å². The van der Waals surface area contributed by atoms with Crippen LogP contribution in [0.15, 0.2) is 0 Å². The van der Waals surface area contributed by atoms with Gasteiger partial charge in [0.2, 0.25) is 0 Å². The molecule has 5 heteroatoms. The second-order valence-corrected chi connectivity index (χ2v) is 4.61. The number of morpholine rings is 1. The van der Waals surface area contributed by atoms with Gasteiger partial charge in [0.25, 0.3) is 0 Å². The molecule has 0 atom stereocenters. The van der Waals surface area contributed by atoms with Crippen molar-refractivity contribution in [1.82, 2.24) is 10.2 Å². The van der Waals surface area contributed by atoms with Gasteiger partial charge in [0.05, 0.1) is 19.1 Å². The molecule has 1 heterocycles. The molecule has 1 aliphatic heterocycles. The quantitative estimate of drug-likeness (QED) is 0.680. The normalized spacial score (nSPS) is 31.0. The van der Waals surface area contributed by atoms with Gasteiger partial charge in [-0.3, -0.25) is 9.69 Å². The lowest BCUT2D eigenvalue weighted by Gasteiger charge is -2.34. The SMILES string of the molecule is O=C(O)C1CC(NCCN2CCOCC2)C1. The second-order valence-electron chi connectivity index (χ2n) is 4.61. The minimum absolute atomic E-state index is 0.110. The van der Waals surface area contributed by atoms with Gasteiger partial charge in [-0.05, 0) is 12.8 Å². The highest BCUT2D eigenvalue weighted by Gasteiger charge is 2.33. The first-order chi connectivity index (χ1) is 7.75. The van der Waals surface area contributed by atoms with Gasteiger partial charge in [-0.2, -0.15) is 0 Å². The van der Waals surface area contributed by atoms with Crippen LogP contribution in [0.5, 0.6) is 0 Å². The number of ether oxygens (including phenoxy) is 1. The maximum atomic E-state index is 10.6. The first-order valence-corrected chi connectivity index (χ1v) is 6.02. The van der Waals surface area contributed by atoms with E-state index < -0.39 is 5.97 Å². The highest BCUT2D eigenvalue weighted by Crippen LogP contribution is 2.27. The van der Waals surface area contributed by atoms with E-state index in [1.807, 2.05) is 0 Å². The summed E-state index contributed by atoms with van der Waals surface area (Å²) in [5, 5.41) is 12.1. The fourth-order valence-electron chi connectivity index (χ4n) is 2.24. The number of carboxylic acid groups (broad SMARTS) is 1. The van der Waals surface area contributed by atoms with Gasteiger partial charge in [0, 0.05) is 32.2 Å². The molecular weight excluding hydrogens is 208 g/mol. The Hall–Kier alpha value is -0.650. The van der Waals surface area contributed by atoms with Crippen molar-refractivity contribution in [3.05, 3.63) is 0 Å². The van der Waals surface area contributed by atoms with Crippen LogP contribution in [-0.4, -0.2) is 61.4 Å². The molecule has 92 valence electrons. The molecule has 0 aromatic carbocycles. The number of nitrogens with zero attached hydrogens (tertiary/aromatic N) is 1. The molecule has 0 radical (unpaired) electrons. The third-order valence-corrected chi connectivity index (χ3v) is 3.45. The summed E-state index contributed by atoms with van der Waals surface area (Å²) < 4.78 is 5.27. The molecule has 2 fully saturated rings. The Kier molecular flexibility index (Phi) is 4.15. The molecule has 5 nitrogen and oxygen atoms in total. The van der Waals surface area contributed by atoms with Crippen LogP contribution in [0.3, 0.4) is 0 Å². The van der Waals surface area contributed by atoms with E-state index in [0.717, 1.165) is 52.2 Å². The molecule has 0 bridgehead atoms. The topological polar surface area (TPSA) is 61.8 Å². The molecule has 16 heavy (non-hydrogen) atoms. The lowest BCUT2D eigenvalue weighted by atomic mass is 9.80. The summed E-state index contributed by atoms with van der Waals surface area (Å²) in [5.74, 6) is -0.757. The standard InChI is InChI=1S/C11H20N2O3/c14-11(15)9-7-10(8-9)12-1-2-13-3-5-16-6-4-13/h9-10,12H,1-8H2,(H,14,15). The van der Waals surface area contributed by atoms with E-state index in [2.05, 4.69) is 10.2 Å². The Morgan fingerprint density at radius 3 is 2.69 bits per heavy atom. The number of hydrogen-bond donors (Lipinski definition) is 2. The molecule has 0 unspecified atom stereocenters. The largest absolute Gasteiger partial charge is 0.481 e. The molecule has 1 aliphatic carbocycles. The van der Waals surface area contributed by atoms with Gasteiger partial charge < -0.3 is 15.2 Å².